The number of aromatic nitrogens is 4. The predicted molar refractivity (Wildman–Crippen MR) is 218 cm³/mol. The van der Waals surface area contributed by atoms with Crippen LogP contribution in [0.5, 0.6) is 0 Å². The van der Waals surface area contributed by atoms with Crippen LogP contribution < -0.4 is 26.4 Å². The lowest BCUT2D eigenvalue weighted by Gasteiger charge is -2.26. The van der Waals surface area contributed by atoms with Crippen molar-refractivity contribution in [1.82, 2.24) is 35.9 Å². The van der Waals surface area contributed by atoms with Crippen molar-refractivity contribution in [3.63, 3.8) is 0 Å². The number of carbonyl (C=O) groups excluding carboxylic acids is 2. The first-order valence-electron chi connectivity index (χ1n) is 18.5. The van der Waals surface area contributed by atoms with Crippen LogP contribution in [0.4, 0.5) is 15.4 Å². The number of ether oxygens (including phenoxy) is 4. The van der Waals surface area contributed by atoms with Crippen LogP contribution in [0, 0.1) is 0 Å². The molecule has 2 aliphatic rings. The molecule has 4 heterocycles. The summed E-state index contributed by atoms with van der Waals surface area (Å²) in [5.41, 5.74) is -0.987. The predicted octanol–water partition coefficient (Wildman–Crippen LogP) is 6.50. The van der Waals surface area contributed by atoms with Gasteiger partial charge in [-0.05, 0) is 99.2 Å². The second kappa shape index (κ2) is 19.8. The Morgan fingerprint density at radius 2 is 1.33 bits per heavy atom. The molecule has 0 aliphatic heterocycles. The van der Waals surface area contributed by atoms with E-state index >= 15 is 0 Å². The molecule has 2 amide bonds. The molecule has 0 saturated heterocycles. The number of methoxy groups -OCH3 is 2. The number of amides is 2. The third-order valence-electron chi connectivity index (χ3n) is 8.89. The maximum Gasteiger partial charge on any atom is 0.407 e. The molecule has 0 aromatic carbocycles. The van der Waals surface area contributed by atoms with Crippen molar-refractivity contribution in [2.75, 3.05) is 33.2 Å². The molecule has 304 valence electrons. The smallest absolute Gasteiger partial charge is 0.407 e. The highest BCUT2D eigenvalue weighted by atomic mass is 32.1. The minimum atomic E-state index is -0.482. The molecular formula is C38H58N8O7S2. The van der Waals surface area contributed by atoms with Crippen molar-refractivity contribution < 1.29 is 28.5 Å². The van der Waals surface area contributed by atoms with Crippen molar-refractivity contribution in [2.45, 2.75) is 129 Å². The molecule has 2 fully saturated rings. The van der Waals surface area contributed by atoms with Crippen LogP contribution in [0.15, 0.2) is 29.6 Å². The lowest BCUT2D eigenvalue weighted by molar-refractivity contribution is 0.0493. The number of nitrogens with zero attached hydrogens (tertiary/aromatic N) is 4. The van der Waals surface area contributed by atoms with Crippen LogP contribution in [0.2, 0.25) is 0 Å². The Bertz CT molecular complexity index is 1900. The summed E-state index contributed by atoms with van der Waals surface area (Å²) < 4.78 is 20.8. The normalized spacial score (nSPS) is 19.6. The fourth-order valence-electron chi connectivity index (χ4n) is 6.45. The largest absolute Gasteiger partial charge is 0.444 e. The highest BCUT2D eigenvalue weighted by Gasteiger charge is 2.31. The molecule has 6 rings (SSSR count). The number of nitrogens with one attached hydrogen (secondary N) is 4. The second-order valence-electron chi connectivity index (χ2n) is 15.7. The standard InChI is InChI=1S/C19H28N4O3S.C11H22N2O2.C8H8N2O2S/c1-19(2,3)26-18(24)22-12-6-7-13(8-12)23(4)16-15-9-14(10-25-5)27-17(15)21-11-20-16;1-11(2,3)15-10(14)13-9-6-5-8(7-9)12-4;1-12-3-5-2-6-7(11)9-4-10-8(6)13-5/h9,11-13H,6-8,10H2,1-5H3,(H,22,24);8-9,12H,5-7H2,1-4H3,(H,13,14);2,4H,3H2,1H3,(H,9,10,11)/t12-,13+;8-,9+;/m01./s1. The molecule has 4 aromatic heterocycles. The molecule has 0 radical (unpaired) electrons. The van der Waals surface area contributed by atoms with Crippen LogP contribution in [-0.4, -0.2) is 95.8 Å². The highest BCUT2D eigenvalue weighted by molar-refractivity contribution is 7.19. The monoisotopic (exact) mass is 802 g/mol. The number of H-pyrrole nitrogens is 1. The first kappa shape index (κ1) is 43.8. The van der Waals surface area contributed by atoms with E-state index in [9.17, 15) is 14.4 Å². The molecule has 15 nitrogen and oxygen atoms in total. The zero-order valence-electron chi connectivity index (χ0n) is 33.7. The van der Waals surface area contributed by atoms with E-state index in [2.05, 4.69) is 53.9 Å². The van der Waals surface area contributed by atoms with E-state index in [1.54, 1.807) is 31.9 Å². The summed E-state index contributed by atoms with van der Waals surface area (Å²) in [4.78, 5) is 56.3. The average molecular weight is 803 g/mol. The minimum Gasteiger partial charge on any atom is -0.444 e. The molecule has 17 heteroatoms. The fourth-order valence-corrected chi connectivity index (χ4v) is 8.39. The van der Waals surface area contributed by atoms with Gasteiger partial charge in [0, 0.05) is 55.2 Å². The van der Waals surface area contributed by atoms with Gasteiger partial charge in [-0.1, -0.05) is 0 Å². The summed E-state index contributed by atoms with van der Waals surface area (Å²) in [6.45, 7) is 12.3. The molecule has 55 heavy (non-hydrogen) atoms. The molecule has 0 bridgehead atoms. The third kappa shape index (κ3) is 13.7. The Labute approximate surface area is 331 Å². The van der Waals surface area contributed by atoms with E-state index in [1.165, 1.54) is 17.7 Å². The van der Waals surface area contributed by atoms with E-state index in [-0.39, 0.29) is 29.8 Å². The molecular weight excluding hydrogens is 745 g/mol. The summed E-state index contributed by atoms with van der Waals surface area (Å²) >= 11 is 3.11. The van der Waals surface area contributed by atoms with Crippen LogP contribution in [0.1, 0.15) is 89.8 Å². The third-order valence-corrected chi connectivity index (χ3v) is 10.9. The van der Waals surface area contributed by atoms with Gasteiger partial charge in [0.05, 0.1) is 30.3 Å². The number of anilines is 1. The molecule has 2 saturated carbocycles. The van der Waals surface area contributed by atoms with Gasteiger partial charge in [-0.25, -0.2) is 24.5 Å². The summed E-state index contributed by atoms with van der Waals surface area (Å²) in [5.74, 6) is 0.932. The molecule has 2 aliphatic carbocycles. The number of fused-ring (bicyclic) bond motifs is 2. The van der Waals surface area contributed by atoms with Gasteiger partial charge in [-0.15, -0.1) is 22.7 Å². The Morgan fingerprint density at radius 1 is 0.800 bits per heavy atom. The molecule has 0 spiro atoms. The van der Waals surface area contributed by atoms with E-state index in [0.29, 0.717) is 30.7 Å². The second-order valence-corrected chi connectivity index (χ2v) is 18.0. The lowest BCUT2D eigenvalue weighted by Crippen LogP contribution is -2.39. The SMILES string of the molecule is CN[C@@H]1CC[C@H](NC(=O)OC(C)(C)C)C1.COCc1cc2c(=O)[nH]cnc2s1.COCc1cc2c(N(C)[C@@H]3CC[C@H](NC(=O)OC(C)(C)C)C3)ncnc2s1. The number of hydrogen-bond donors (Lipinski definition) is 4. The zero-order chi connectivity index (χ0) is 40.3. The van der Waals surface area contributed by atoms with Crippen LogP contribution >= 0.6 is 22.7 Å². The number of aromatic amines is 1. The summed E-state index contributed by atoms with van der Waals surface area (Å²) in [6.07, 6.45) is 8.34. The van der Waals surface area contributed by atoms with Crippen LogP contribution in [0.25, 0.3) is 20.4 Å². The topological polar surface area (TPSA) is 182 Å². The zero-order valence-corrected chi connectivity index (χ0v) is 35.4. The first-order chi connectivity index (χ1) is 26.0. The summed E-state index contributed by atoms with van der Waals surface area (Å²) in [5, 5.41) is 10.8. The van der Waals surface area contributed by atoms with Gasteiger partial charge in [0.25, 0.3) is 5.56 Å². The van der Waals surface area contributed by atoms with Gasteiger partial charge >= 0.3 is 12.2 Å². The van der Waals surface area contributed by atoms with Crippen molar-refractivity contribution in [3.8, 4) is 0 Å². The van der Waals surface area contributed by atoms with Gasteiger partial charge in [-0.3, -0.25) is 4.79 Å². The quantitative estimate of drug-likeness (QED) is 0.144. The van der Waals surface area contributed by atoms with E-state index in [0.717, 1.165) is 69.1 Å². The van der Waals surface area contributed by atoms with Gasteiger partial charge in [0.2, 0.25) is 0 Å². The maximum atomic E-state index is 12.0. The fraction of sp³-hybridized carbons (Fsp3) is 0.632. The van der Waals surface area contributed by atoms with Crippen LogP contribution in [0.3, 0.4) is 0 Å². The van der Waals surface area contributed by atoms with Gasteiger partial charge in [-0.2, -0.15) is 0 Å². The van der Waals surface area contributed by atoms with Crippen LogP contribution in [-0.2, 0) is 32.2 Å². The number of carbonyl (C=O) groups is 2. The molecule has 0 unspecified atom stereocenters. The molecule has 4 atom stereocenters. The molecule has 4 aromatic rings. The number of thiophene rings is 2. The van der Waals surface area contributed by atoms with Gasteiger partial charge in [0.1, 0.15) is 33.0 Å². The highest BCUT2D eigenvalue weighted by Crippen LogP contribution is 2.34. The Kier molecular flexibility index (Phi) is 15.8. The Balaban J connectivity index is 0.000000202. The number of hydrogen-bond acceptors (Lipinski definition) is 14. The summed E-state index contributed by atoms with van der Waals surface area (Å²) in [7, 11) is 7.35. The average Bonchev–Trinajstić information content (AvgIpc) is 3.90. The maximum absolute atomic E-state index is 12.0. The number of alkyl carbamates (subject to hydrolysis) is 2. The molecule has 4 N–H and O–H groups in total. The van der Waals surface area contributed by atoms with Crippen molar-refractivity contribution in [2.24, 2.45) is 0 Å². The minimum absolute atomic E-state index is 0.0939. The van der Waals surface area contributed by atoms with E-state index in [1.807, 2.05) is 54.7 Å². The first-order valence-corrected chi connectivity index (χ1v) is 20.2. The lowest BCUT2D eigenvalue weighted by atomic mass is 10.2. The Hall–Kier alpha value is -3.90. The van der Waals surface area contributed by atoms with Crippen molar-refractivity contribution in [1.29, 1.82) is 0 Å². The van der Waals surface area contributed by atoms with E-state index < -0.39 is 11.2 Å². The van der Waals surface area contributed by atoms with E-state index in [4.69, 9.17) is 18.9 Å². The van der Waals surface area contributed by atoms with Gasteiger partial charge in [0.15, 0.2) is 0 Å². The van der Waals surface area contributed by atoms with Gasteiger partial charge < -0.3 is 44.8 Å². The van der Waals surface area contributed by atoms with Crippen molar-refractivity contribution >= 4 is 61.1 Å². The van der Waals surface area contributed by atoms with Crippen molar-refractivity contribution in [3.05, 3.63) is 44.9 Å². The Morgan fingerprint density at radius 3 is 1.85 bits per heavy atom. The summed E-state index contributed by atoms with van der Waals surface area (Å²) in [6, 6.07) is 5.16. The number of rotatable bonds is 9.